The number of aryl methyl sites for hydroxylation is 1. The van der Waals surface area contributed by atoms with Gasteiger partial charge in [-0.3, -0.25) is 4.57 Å². The highest BCUT2D eigenvalue weighted by atomic mass is 35.5. The van der Waals surface area contributed by atoms with Crippen molar-refractivity contribution in [1.82, 2.24) is 19.7 Å². The normalized spacial score (nSPS) is 11.0. The minimum absolute atomic E-state index is 0.690. The van der Waals surface area contributed by atoms with Crippen LogP contribution in [0, 0.1) is 6.92 Å². The largest absolute Gasteiger partial charge is 0.497 e. The molecular weight excluding hydrogens is 412 g/mol. The van der Waals surface area contributed by atoms with Crippen molar-refractivity contribution in [2.45, 2.75) is 17.8 Å². The molecule has 2 aromatic heterocycles. The van der Waals surface area contributed by atoms with Crippen LogP contribution in [0.25, 0.3) is 17.1 Å². The monoisotopic (exact) mass is 428 g/mol. The van der Waals surface area contributed by atoms with Crippen molar-refractivity contribution >= 4 is 34.7 Å². The first-order valence-corrected chi connectivity index (χ1v) is 10.8. The quantitative estimate of drug-likeness (QED) is 0.371. The highest BCUT2D eigenvalue weighted by Crippen LogP contribution is 2.31. The van der Waals surface area contributed by atoms with Crippen molar-refractivity contribution in [1.29, 1.82) is 0 Å². The van der Waals surface area contributed by atoms with Gasteiger partial charge in [0, 0.05) is 27.4 Å². The average Bonchev–Trinajstić information content (AvgIpc) is 3.33. The molecule has 142 valence electrons. The lowest BCUT2D eigenvalue weighted by atomic mass is 10.2. The molecule has 28 heavy (non-hydrogen) atoms. The molecule has 0 amide bonds. The lowest BCUT2D eigenvalue weighted by Gasteiger charge is -2.10. The third-order valence-corrected chi connectivity index (χ3v) is 6.12. The molecule has 2 heterocycles. The molecule has 0 N–H and O–H groups in total. The molecule has 5 nitrogen and oxygen atoms in total. The minimum Gasteiger partial charge on any atom is -0.497 e. The Morgan fingerprint density at radius 1 is 1.07 bits per heavy atom. The van der Waals surface area contributed by atoms with E-state index in [0.717, 1.165) is 44.4 Å². The first-order chi connectivity index (χ1) is 13.6. The van der Waals surface area contributed by atoms with Crippen LogP contribution in [0.2, 0.25) is 5.02 Å². The minimum atomic E-state index is 0.690. The van der Waals surface area contributed by atoms with Gasteiger partial charge in [-0.15, -0.1) is 21.5 Å². The van der Waals surface area contributed by atoms with Crippen LogP contribution < -0.4 is 4.74 Å². The van der Waals surface area contributed by atoms with Crippen LogP contribution in [0.15, 0.2) is 59.1 Å². The van der Waals surface area contributed by atoms with Crippen molar-refractivity contribution in [3.8, 4) is 22.8 Å². The molecule has 2 aromatic carbocycles. The Morgan fingerprint density at radius 2 is 1.82 bits per heavy atom. The van der Waals surface area contributed by atoms with E-state index in [1.807, 2.05) is 60.0 Å². The van der Waals surface area contributed by atoms with E-state index in [1.54, 1.807) is 30.2 Å². The molecule has 4 rings (SSSR count). The standard InChI is InChI=1S/C20H17ClN4OS2/c1-13-22-16(11-27-13)12-28-20-24-23-19(14-3-9-18(26-2)10-4-14)25(20)17-7-5-15(21)6-8-17/h3-11H,12H2,1-2H3. The highest BCUT2D eigenvalue weighted by molar-refractivity contribution is 7.98. The van der Waals surface area contributed by atoms with Crippen LogP contribution in [0.3, 0.4) is 0 Å². The van der Waals surface area contributed by atoms with E-state index in [4.69, 9.17) is 16.3 Å². The van der Waals surface area contributed by atoms with Crippen LogP contribution in [0.1, 0.15) is 10.7 Å². The summed E-state index contributed by atoms with van der Waals surface area (Å²) < 4.78 is 7.30. The van der Waals surface area contributed by atoms with Gasteiger partial charge in [-0.25, -0.2) is 4.98 Å². The number of thioether (sulfide) groups is 1. The number of aromatic nitrogens is 4. The van der Waals surface area contributed by atoms with Gasteiger partial charge >= 0.3 is 0 Å². The molecule has 0 fully saturated rings. The Hall–Kier alpha value is -2.35. The molecular formula is C20H17ClN4OS2. The lowest BCUT2D eigenvalue weighted by molar-refractivity contribution is 0.415. The first-order valence-electron chi connectivity index (χ1n) is 8.53. The fourth-order valence-electron chi connectivity index (χ4n) is 2.73. The summed E-state index contributed by atoms with van der Waals surface area (Å²) in [4.78, 5) is 4.53. The Labute approximate surface area is 176 Å². The summed E-state index contributed by atoms with van der Waals surface area (Å²) in [6.45, 7) is 2.01. The molecule has 0 saturated heterocycles. The number of halogens is 1. The third-order valence-electron chi connectivity index (χ3n) is 4.08. The maximum absolute atomic E-state index is 6.08. The van der Waals surface area contributed by atoms with E-state index >= 15 is 0 Å². The number of benzene rings is 2. The molecule has 0 unspecified atom stereocenters. The Kier molecular flexibility index (Phi) is 5.66. The second kappa shape index (κ2) is 8.34. The summed E-state index contributed by atoms with van der Waals surface area (Å²) >= 11 is 9.34. The van der Waals surface area contributed by atoms with Crippen LogP contribution in [-0.2, 0) is 5.75 Å². The highest BCUT2D eigenvalue weighted by Gasteiger charge is 2.17. The van der Waals surface area contributed by atoms with Gasteiger partial charge in [0.25, 0.3) is 0 Å². The molecule has 0 aliphatic carbocycles. The lowest BCUT2D eigenvalue weighted by Crippen LogP contribution is -2.00. The SMILES string of the molecule is COc1ccc(-c2nnc(SCc3csc(C)n3)n2-c2ccc(Cl)cc2)cc1. The van der Waals surface area contributed by atoms with E-state index in [1.165, 1.54) is 0 Å². The molecule has 4 aromatic rings. The summed E-state index contributed by atoms with van der Waals surface area (Å²) in [5.74, 6) is 2.30. The van der Waals surface area contributed by atoms with E-state index in [0.29, 0.717) is 5.02 Å². The predicted octanol–water partition coefficient (Wildman–Crippen LogP) is 5.65. The van der Waals surface area contributed by atoms with Crippen LogP contribution >= 0.6 is 34.7 Å². The van der Waals surface area contributed by atoms with Gasteiger partial charge in [0.2, 0.25) is 0 Å². The number of hydrogen-bond donors (Lipinski definition) is 0. The molecule has 0 atom stereocenters. The third kappa shape index (κ3) is 4.06. The summed E-state index contributed by atoms with van der Waals surface area (Å²) in [6, 6.07) is 15.5. The fraction of sp³-hybridized carbons (Fsp3) is 0.150. The van der Waals surface area contributed by atoms with Crippen LogP contribution in [0.4, 0.5) is 0 Å². The van der Waals surface area contributed by atoms with Gasteiger partial charge in [0.15, 0.2) is 11.0 Å². The maximum Gasteiger partial charge on any atom is 0.196 e. The van der Waals surface area contributed by atoms with Crippen LogP contribution in [-0.4, -0.2) is 26.9 Å². The van der Waals surface area contributed by atoms with Crippen molar-refractivity contribution in [3.63, 3.8) is 0 Å². The van der Waals surface area contributed by atoms with Gasteiger partial charge in [0.1, 0.15) is 5.75 Å². The number of thiazole rings is 1. The van der Waals surface area contributed by atoms with Gasteiger partial charge in [-0.05, 0) is 55.5 Å². The second-order valence-corrected chi connectivity index (χ2v) is 8.43. The Bertz CT molecular complexity index is 1070. The molecule has 0 bridgehead atoms. The zero-order chi connectivity index (χ0) is 19.5. The zero-order valence-electron chi connectivity index (χ0n) is 15.3. The van der Waals surface area contributed by atoms with Crippen molar-refractivity contribution in [2.75, 3.05) is 7.11 Å². The summed E-state index contributed by atoms with van der Waals surface area (Å²) in [5, 5.41) is 13.5. The van der Waals surface area contributed by atoms with Crippen molar-refractivity contribution in [3.05, 3.63) is 69.6 Å². The Balaban J connectivity index is 1.72. The first kappa shape index (κ1) is 19.0. The average molecular weight is 429 g/mol. The fourth-order valence-corrected chi connectivity index (χ4v) is 4.41. The van der Waals surface area contributed by atoms with Gasteiger partial charge < -0.3 is 4.74 Å². The number of nitrogens with zero attached hydrogens (tertiary/aromatic N) is 4. The zero-order valence-corrected chi connectivity index (χ0v) is 17.7. The second-order valence-electron chi connectivity index (χ2n) is 5.99. The molecule has 0 saturated carbocycles. The van der Waals surface area contributed by atoms with E-state index in [9.17, 15) is 0 Å². The number of ether oxygens (including phenoxy) is 1. The molecule has 0 radical (unpaired) electrons. The number of rotatable bonds is 6. The molecule has 0 aliphatic rings. The van der Waals surface area contributed by atoms with E-state index in [2.05, 4.69) is 20.6 Å². The van der Waals surface area contributed by atoms with Gasteiger partial charge in [0.05, 0.1) is 17.8 Å². The Morgan fingerprint density at radius 3 is 2.46 bits per heavy atom. The molecule has 0 spiro atoms. The molecule has 8 heteroatoms. The summed E-state index contributed by atoms with van der Waals surface area (Å²) in [5.41, 5.74) is 2.96. The summed E-state index contributed by atoms with van der Waals surface area (Å²) in [6.07, 6.45) is 0. The van der Waals surface area contributed by atoms with E-state index in [-0.39, 0.29) is 0 Å². The van der Waals surface area contributed by atoms with E-state index < -0.39 is 0 Å². The summed E-state index contributed by atoms with van der Waals surface area (Å²) in [7, 11) is 1.65. The van der Waals surface area contributed by atoms with Crippen molar-refractivity contribution < 1.29 is 4.74 Å². The van der Waals surface area contributed by atoms with Gasteiger partial charge in [-0.1, -0.05) is 23.4 Å². The van der Waals surface area contributed by atoms with Crippen LogP contribution in [0.5, 0.6) is 5.75 Å². The van der Waals surface area contributed by atoms with Gasteiger partial charge in [-0.2, -0.15) is 0 Å². The molecule has 0 aliphatic heterocycles. The smallest absolute Gasteiger partial charge is 0.196 e. The maximum atomic E-state index is 6.08. The number of methoxy groups -OCH3 is 1. The topological polar surface area (TPSA) is 52.8 Å². The van der Waals surface area contributed by atoms with Crippen molar-refractivity contribution in [2.24, 2.45) is 0 Å². The number of hydrogen-bond acceptors (Lipinski definition) is 6. The predicted molar refractivity (Wildman–Crippen MR) is 115 cm³/mol.